The van der Waals surface area contributed by atoms with Gasteiger partial charge in [0, 0.05) is 25.4 Å². The van der Waals surface area contributed by atoms with Crippen molar-refractivity contribution in [3.63, 3.8) is 0 Å². The van der Waals surface area contributed by atoms with Crippen LogP contribution in [-0.4, -0.2) is 31.6 Å². The van der Waals surface area contributed by atoms with Gasteiger partial charge >= 0.3 is 5.97 Å². The highest BCUT2D eigenvalue weighted by Gasteiger charge is 2.18. The molecule has 0 radical (unpaired) electrons. The summed E-state index contributed by atoms with van der Waals surface area (Å²) >= 11 is 0. The van der Waals surface area contributed by atoms with Gasteiger partial charge in [-0.2, -0.15) is 0 Å². The van der Waals surface area contributed by atoms with Crippen LogP contribution in [0, 0.1) is 0 Å². The van der Waals surface area contributed by atoms with Gasteiger partial charge in [-0.05, 0) is 29.2 Å². The van der Waals surface area contributed by atoms with Gasteiger partial charge in [-0.15, -0.1) is 5.73 Å². The van der Waals surface area contributed by atoms with Gasteiger partial charge in [-0.1, -0.05) is 54.6 Å². The first kappa shape index (κ1) is 16.8. The van der Waals surface area contributed by atoms with Crippen LogP contribution in [0.4, 0.5) is 0 Å². The molecule has 1 aliphatic rings. The number of carbonyl (C=O) groups excluding carboxylic acids is 1. The van der Waals surface area contributed by atoms with Crippen molar-refractivity contribution in [2.75, 3.05) is 20.7 Å². The zero-order valence-corrected chi connectivity index (χ0v) is 14.5. The molecular formula is C22H21NO2. The summed E-state index contributed by atoms with van der Waals surface area (Å²) < 4.78 is 5.02. The Balaban J connectivity index is 2.24. The molecule has 0 aromatic heterocycles. The summed E-state index contributed by atoms with van der Waals surface area (Å²) in [7, 11) is 3.38. The van der Waals surface area contributed by atoms with Gasteiger partial charge in [0.05, 0.1) is 12.7 Å². The molecule has 0 spiro atoms. The van der Waals surface area contributed by atoms with Crippen LogP contribution < -0.4 is 0 Å². The minimum absolute atomic E-state index is 0.361. The molecule has 0 aliphatic carbocycles. The standard InChI is InChI=1S/C22H21NO2/c1-23-15-14-18-9-7-6-8-17(18)12-13-20(19-10-4-3-5-11-19)21(16-23)22(24)25-2/h3-12,16H,14-15H2,1-2H3/b21-16+. The molecule has 3 nitrogen and oxygen atoms in total. The van der Waals surface area contributed by atoms with E-state index in [1.807, 2.05) is 60.6 Å². The summed E-state index contributed by atoms with van der Waals surface area (Å²) in [5, 5.41) is 0. The second kappa shape index (κ2) is 7.69. The lowest BCUT2D eigenvalue weighted by Crippen LogP contribution is -2.19. The number of hydrogen-bond acceptors (Lipinski definition) is 3. The maximum absolute atomic E-state index is 12.4. The van der Waals surface area contributed by atoms with Crippen LogP contribution in [0.15, 0.2) is 72.1 Å². The van der Waals surface area contributed by atoms with E-state index in [1.165, 1.54) is 12.7 Å². The van der Waals surface area contributed by atoms with Crippen molar-refractivity contribution in [3.8, 4) is 0 Å². The molecule has 0 saturated heterocycles. The van der Waals surface area contributed by atoms with Crippen molar-refractivity contribution in [1.29, 1.82) is 0 Å². The number of benzene rings is 2. The highest BCUT2D eigenvalue weighted by atomic mass is 16.5. The van der Waals surface area contributed by atoms with Crippen molar-refractivity contribution in [2.24, 2.45) is 0 Å². The number of likely N-dealkylation sites (N-methyl/N-ethyl adjacent to an activating group) is 1. The van der Waals surface area contributed by atoms with Gasteiger partial charge in [-0.3, -0.25) is 0 Å². The summed E-state index contributed by atoms with van der Waals surface area (Å²) in [4.78, 5) is 14.4. The topological polar surface area (TPSA) is 29.5 Å². The first-order chi connectivity index (χ1) is 12.2. The van der Waals surface area contributed by atoms with E-state index < -0.39 is 0 Å². The molecule has 2 aromatic rings. The molecule has 3 heteroatoms. The number of hydrogen-bond donors (Lipinski definition) is 0. The Bertz CT molecular complexity index is 859. The predicted molar refractivity (Wildman–Crippen MR) is 101 cm³/mol. The minimum Gasteiger partial charge on any atom is -0.465 e. The van der Waals surface area contributed by atoms with E-state index in [0.717, 1.165) is 29.7 Å². The van der Waals surface area contributed by atoms with Crippen molar-refractivity contribution in [2.45, 2.75) is 6.42 Å². The molecule has 25 heavy (non-hydrogen) atoms. The third kappa shape index (κ3) is 3.90. The van der Waals surface area contributed by atoms with Crippen LogP contribution in [0.25, 0.3) is 11.6 Å². The van der Waals surface area contributed by atoms with E-state index in [2.05, 4.69) is 23.9 Å². The molecule has 0 bridgehead atoms. The minimum atomic E-state index is -0.361. The smallest absolute Gasteiger partial charge is 0.340 e. The SMILES string of the molecule is COC(=O)/C1=C/N(C)CCc2ccccc2C=C=C1c1ccccc1. The molecule has 3 rings (SSSR count). The lowest BCUT2D eigenvalue weighted by atomic mass is 9.97. The molecule has 0 unspecified atom stereocenters. The van der Waals surface area contributed by atoms with Crippen LogP contribution in [0.1, 0.15) is 16.7 Å². The Hall–Kier alpha value is -3.03. The molecule has 0 fully saturated rings. The van der Waals surface area contributed by atoms with Gasteiger partial charge in [0.25, 0.3) is 0 Å². The Morgan fingerprint density at radius 1 is 1.08 bits per heavy atom. The fraction of sp³-hybridized carbons (Fsp3) is 0.182. The molecule has 0 amide bonds. The molecule has 0 N–H and O–H groups in total. The van der Waals surface area contributed by atoms with Gasteiger partial charge in [0.2, 0.25) is 0 Å². The zero-order valence-electron chi connectivity index (χ0n) is 14.5. The number of rotatable bonds is 2. The molecule has 1 heterocycles. The second-order valence-electron chi connectivity index (χ2n) is 5.99. The van der Waals surface area contributed by atoms with Gasteiger partial charge in [0.1, 0.15) is 0 Å². The molecule has 0 atom stereocenters. The average Bonchev–Trinajstić information content (AvgIpc) is 2.66. The van der Waals surface area contributed by atoms with Crippen LogP contribution >= 0.6 is 0 Å². The summed E-state index contributed by atoms with van der Waals surface area (Å²) in [5.74, 6) is -0.361. The summed E-state index contributed by atoms with van der Waals surface area (Å²) in [6.45, 7) is 0.813. The number of methoxy groups -OCH3 is 1. The van der Waals surface area contributed by atoms with E-state index in [4.69, 9.17) is 4.74 Å². The first-order valence-corrected chi connectivity index (χ1v) is 8.30. The van der Waals surface area contributed by atoms with E-state index >= 15 is 0 Å². The van der Waals surface area contributed by atoms with Gasteiger partial charge in [-0.25, -0.2) is 4.79 Å². The number of nitrogens with zero attached hydrogens (tertiary/aromatic N) is 1. The summed E-state index contributed by atoms with van der Waals surface area (Å²) in [5.41, 5.74) is 7.90. The largest absolute Gasteiger partial charge is 0.465 e. The van der Waals surface area contributed by atoms with Crippen molar-refractivity contribution in [1.82, 2.24) is 4.90 Å². The molecule has 126 valence electrons. The monoisotopic (exact) mass is 331 g/mol. The lowest BCUT2D eigenvalue weighted by molar-refractivity contribution is -0.135. The average molecular weight is 331 g/mol. The zero-order chi connectivity index (χ0) is 17.6. The summed E-state index contributed by atoms with van der Waals surface area (Å²) in [6.07, 6.45) is 4.71. The van der Waals surface area contributed by atoms with Crippen molar-refractivity contribution in [3.05, 3.63) is 88.8 Å². The van der Waals surface area contributed by atoms with Crippen LogP contribution in [0.5, 0.6) is 0 Å². The molecule has 1 aliphatic heterocycles. The number of carbonyl (C=O) groups is 1. The Labute approximate surface area is 148 Å². The van der Waals surface area contributed by atoms with Gasteiger partial charge in [0.15, 0.2) is 0 Å². The normalized spacial score (nSPS) is 16.3. The molecule has 0 saturated carbocycles. The highest BCUT2D eigenvalue weighted by Crippen LogP contribution is 2.25. The van der Waals surface area contributed by atoms with Gasteiger partial charge < -0.3 is 9.64 Å². The molecule has 2 aromatic carbocycles. The Morgan fingerprint density at radius 2 is 1.80 bits per heavy atom. The van der Waals surface area contributed by atoms with E-state index in [1.54, 1.807) is 0 Å². The van der Waals surface area contributed by atoms with Crippen LogP contribution in [0.3, 0.4) is 0 Å². The van der Waals surface area contributed by atoms with E-state index in [-0.39, 0.29) is 5.97 Å². The Kier molecular flexibility index (Phi) is 5.17. The number of fused-ring (bicyclic) bond motifs is 1. The summed E-state index contributed by atoms with van der Waals surface area (Å²) in [6, 6.07) is 18.1. The van der Waals surface area contributed by atoms with Crippen molar-refractivity contribution < 1.29 is 9.53 Å². The fourth-order valence-corrected chi connectivity index (χ4v) is 2.89. The number of esters is 1. The van der Waals surface area contributed by atoms with Crippen LogP contribution in [-0.2, 0) is 16.0 Å². The lowest BCUT2D eigenvalue weighted by Gasteiger charge is -2.19. The van der Waals surface area contributed by atoms with Crippen molar-refractivity contribution >= 4 is 17.6 Å². The third-order valence-corrected chi connectivity index (χ3v) is 4.25. The Morgan fingerprint density at radius 3 is 2.56 bits per heavy atom. The van der Waals surface area contributed by atoms with E-state index in [0.29, 0.717) is 5.57 Å². The van der Waals surface area contributed by atoms with E-state index in [9.17, 15) is 4.79 Å². The quantitative estimate of drug-likeness (QED) is 0.617. The second-order valence-corrected chi connectivity index (χ2v) is 5.99. The predicted octanol–water partition coefficient (Wildman–Crippen LogP) is 3.93. The maximum Gasteiger partial charge on any atom is 0.340 e. The number of ether oxygens (including phenoxy) is 1. The van der Waals surface area contributed by atoms with Crippen LogP contribution in [0.2, 0.25) is 0 Å². The highest BCUT2D eigenvalue weighted by molar-refractivity contribution is 6.06. The third-order valence-electron chi connectivity index (χ3n) is 4.25. The first-order valence-electron chi connectivity index (χ1n) is 8.30. The molecular weight excluding hydrogens is 310 g/mol. The fourth-order valence-electron chi connectivity index (χ4n) is 2.89. The maximum atomic E-state index is 12.4.